The predicted octanol–water partition coefficient (Wildman–Crippen LogP) is 5.86. The van der Waals surface area contributed by atoms with Crippen LogP contribution >= 0.6 is 11.3 Å². The van der Waals surface area contributed by atoms with Gasteiger partial charge >= 0.3 is 0 Å². The van der Waals surface area contributed by atoms with E-state index in [1.54, 1.807) is 23.7 Å². The van der Waals surface area contributed by atoms with Gasteiger partial charge in [-0.2, -0.15) is 0 Å². The monoisotopic (exact) mass is 392 g/mol. The average molecular weight is 393 g/mol. The SMILES string of the molecule is O=C(CC1CCCCC1)Nc1cccc(Nc2nc(-c3ccncc3)cs2)c1. The summed E-state index contributed by atoms with van der Waals surface area (Å²) < 4.78 is 0. The van der Waals surface area contributed by atoms with Crippen LogP contribution in [0.5, 0.6) is 0 Å². The lowest BCUT2D eigenvalue weighted by molar-refractivity contribution is -0.117. The molecule has 5 nitrogen and oxygen atoms in total. The van der Waals surface area contributed by atoms with E-state index in [4.69, 9.17) is 0 Å². The van der Waals surface area contributed by atoms with Gasteiger partial charge in [-0.15, -0.1) is 11.3 Å². The number of aromatic nitrogens is 2. The molecule has 0 aliphatic heterocycles. The van der Waals surface area contributed by atoms with Crippen LogP contribution in [-0.2, 0) is 4.79 Å². The van der Waals surface area contributed by atoms with E-state index in [0.717, 1.165) is 27.8 Å². The van der Waals surface area contributed by atoms with E-state index < -0.39 is 0 Å². The van der Waals surface area contributed by atoms with Crippen LogP contribution in [0, 0.1) is 5.92 Å². The van der Waals surface area contributed by atoms with Crippen LogP contribution in [0.3, 0.4) is 0 Å². The van der Waals surface area contributed by atoms with E-state index in [0.29, 0.717) is 12.3 Å². The zero-order valence-corrected chi connectivity index (χ0v) is 16.5. The Kier molecular flexibility index (Phi) is 5.97. The number of amides is 1. The fourth-order valence-corrected chi connectivity index (χ4v) is 4.39. The van der Waals surface area contributed by atoms with Crippen molar-refractivity contribution in [3.05, 3.63) is 54.2 Å². The Morgan fingerprint density at radius 1 is 1.07 bits per heavy atom. The van der Waals surface area contributed by atoms with Crippen LogP contribution in [0.1, 0.15) is 38.5 Å². The van der Waals surface area contributed by atoms with Gasteiger partial charge in [-0.25, -0.2) is 4.98 Å². The minimum atomic E-state index is 0.110. The van der Waals surface area contributed by atoms with Crippen molar-refractivity contribution in [3.63, 3.8) is 0 Å². The second kappa shape index (κ2) is 8.97. The number of anilines is 3. The van der Waals surface area contributed by atoms with Crippen molar-refractivity contribution in [2.24, 2.45) is 5.92 Å². The van der Waals surface area contributed by atoms with E-state index in [2.05, 4.69) is 20.6 Å². The number of rotatable bonds is 6. The lowest BCUT2D eigenvalue weighted by atomic mass is 9.87. The van der Waals surface area contributed by atoms with Crippen LogP contribution in [-0.4, -0.2) is 15.9 Å². The molecule has 0 unspecified atom stereocenters. The molecule has 2 heterocycles. The van der Waals surface area contributed by atoms with Gasteiger partial charge in [-0.05, 0) is 49.1 Å². The Morgan fingerprint density at radius 3 is 2.68 bits per heavy atom. The van der Waals surface area contributed by atoms with Crippen molar-refractivity contribution in [3.8, 4) is 11.3 Å². The van der Waals surface area contributed by atoms with Gasteiger partial charge in [0, 0.05) is 41.1 Å². The second-order valence-electron chi connectivity index (χ2n) is 7.24. The first-order valence-corrected chi connectivity index (χ1v) is 10.7. The summed E-state index contributed by atoms with van der Waals surface area (Å²) in [5, 5.41) is 9.21. The van der Waals surface area contributed by atoms with Crippen LogP contribution in [0.4, 0.5) is 16.5 Å². The number of nitrogens with zero attached hydrogens (tertiary/aromatic N) is 2. The summed E-state index contributed by atoms with van der Waals surface area (Å²) in [5.74, 6) is 0.648. The highest BCUT2D eigenvalue weighted by atomic mass is 32.1. The minimum absolute atomic E-state index is 0.110. The number of thiazole rings is 1. The van der Waals surface area contributed by atoms with Crippen molar-refractivity contribution in [1.82, 2.24) is 9.97 Å². The number of benzene rings is 1. The predicted molar refractivity (Wildman–Crippen MR) is 115 cm³/mol. The van der Waals surface area contributed by atoms with Crippen molar-refractivity contribution >= 4 is 33.8 Å². The molecule has 1 amide bonds. The largest absolute Gasteiger partial charge is 0.331 e. The zero-order chi connectivity index (χ0) is 19.2. The first kappa shape index (κ1) is 18.6. The first-order valence-electron chi connectivity index (χ1n) is 9.79. The zero-order valence-electron chi connectivity index (χ0n) is 15.7. The highest BCUT2D eigenvalue weighted by Crippen LogP contribution is 2.29. The van der Waals surface area contributed by atoms with Gasteiger partial charge in [0.25, 0.3) is 0 Å². The number of carbonyl (C=O) groups excluding carboxylic acids is 1. The number of carbonyl (C=O) groups is 1. The molecule has 1 fully saturated rings. The number of hydrogen-bond acceptors (Lipinski definition) is 5. The maximum absolute atomic E-state index is 12.4. The fraction of sp³-hybridized carbons (Fsp3) is 0.318. The summed E-state index contributed by atoms with van der Waals surface area (Å²) >= 11 is 1.55. The summed E-state index contributed by atoms with van der Waals surface area (Å²) in [6, 6.07) is 11.7. The van der Waals surface area contributed by atoms with E-state index in [1.165, 1.54) is 32.1 Å². The van der Waals surface area contributed by atoms with E-state index >= 15 is 0 Å². The molecule has 0 atom stereocenters. The molecular formula is C22H24N4OS. The number of hydrogen-bond donors (Lipinski definition) is 2. The van der Waals surface area contributed by atoms with Crippen LogP contribution in [0.25, 0.3) is 11.3 Å². The van der Waals surface area contributed by atoms with Crippen molar-refractivity contribution < 1.29 is 4.79 Å². The van der Waals surface area contributed by atoms with Crippen LogP contribution < -0.4 is 10.6 Å². The average Bonchev–Trinajstić information content (AvgIpc) is 3.18. The Hall–Kier alpha value is -2.73. The molecule has 1 saturated carbocycles. The van der Waals surface area contributed by atoms with E-state index in [-0.39, 0.29) is 5.91 Å². The van der Waals surface area contributed by atoms with Crippen molar-refractivity contribution in [1.29, 1.82) is 0 Å². The summed E-state index contributed by atoms with van der Waals surface area (Å²) in [4.78, 5) is 21.0. The lowest BCUT2D eigenvalue weighted by Crippen LogP contribution is -2.18. The molecule has 0 saturated heterocycles. The van der Waals surface area contributed by atoms with Gasteiger partial charge in [0.15, 0.2) is 5.13 Å². The Morgan fingerprint density at radius 2 is 1.86 bits per heavy atom. The standard InChI is InChI=1S/C22H24N4OS/c27-21(13-16-5-2-1-3-6-16)24-18-7-4-8-19(14-18)25-22-26-20(15-28-22)17-9-11-23-12-10-17/h4,7-12,14-16H,1-3,5-6,13H2,(H,24,27)(H,25,26). The molecule has 1 aromatic carbocycles. The smallest absolute Gasteiger partial charge is 0.224 e. The van der Waals surface area contributed by atoms with Gasteiger partial charge in [0.2, 0.25) is 5.91 Å². The summed E-state index contributed by atoms with van der Waals surface area (Å²) in [5.41, 5.74) is 3.69. The summed E-state index contributed by atoms with van der Waals surface area (Å²) in [7, 11) is 0. The highest BCUT2D eigenvalue weighted by Gasteiger charge is 2.17. The third-order valence-electron chi connectivity index (χ3n) is 5.08. The maximum Gasteiger partial charge on any atom is 0.224 e. The molecule has 6 heteroatoms. The topological polar surface area (TPSA) is 66.9 Å². The number of pyridine rings is 1. The normalized spacial score (nSPS) is 14.6. The van der Waals surface area contributed by atoms with Crippen LogP contribution in [0.2, 0.25) is 0 Å². The molecular weight excluding hydrogens is 368 g/mol. The van der Waals surface area contributed by atoms with E-state index in [9.17, 15) is 4.79 Å². The van der Waals surface area contributed by atoms with Gasteiger partial charge in [-0.1, -0.05) is 25.3 Å². The summed E-state index contributed by atoms with van der Waals surface area (Å²) in [6.07, 6.45) is 10.3. The molecule has 4 rings (SSSR count). The Balaban J connectivity index is 1.37. The fourth-order valence-electron chi connectivity index (χ4n) is 3.65. The van der Waals surface area contributed by atoms with E-state index in [1.807, 2.05) is 41.8 Å². The molecule has 2 N–H and O–H groups in total. The first-order chi connectivity index (χ1) is 13.8. The van der Waals surface area contributed by atoms with Gasteiger partial charge in [0.1, 0.15) is 0 Å². The molecule has 0 spiro atoms. The van der Waals surface area contributed by atoms with Gasteiger partial charge in [0.05, 0.1) is 5.69 Å². The Bertz CT molecular complexity index is 919. The minimum Gasteiger partial charge on any atom is -0.331 e. The molecule has 0 bridgehead atoms. The molecule has 1 aliphatic carbocycles. The molecule has 144 valence electrons. The van der Waals surface area contributed by atoms with Crippen molar-refractivity contribution in [2.45, 2.75) is 38.5 Å². The molecule has 0 radical (unpaired) electrons. The third-order valence-corrected chi connectivity index (χ3v) is 5.83. The van der Waals surface area contributed by atoms with Crippen molar-refractivity contribution in [2.75, 3.05) is 10.6 Å². The molecule has 3 aromatic rings. The summed E-state index contributed by atoms with van der Waals surface area (Å²) in [6.45, 7) is 0. The maximum atomic E-state index is 12.4. The quantitative estimate of drug-likeness (QED) is 0.551. The molecule has 1 aliphatic rings. The molecule has 2 aromatic heterocycles. The van der Waals surface area contributed by atoms with Gasteiger partial charge in [-0.3, -0.25) is 9.78 Å². The Labute approximate surface area is 169 Å². The number of nitrogens with one attached hydrogen (secondary N) is 2. The third kappa shape index (κ3) is 4.95. The van der Waals surface area contributed by atoms with Crippen LogP contribution in [0.15, 0.2) is 54.2 Å². The lowest BCUT2D eigenvalue weighted by Gasteiger charge is -2.20. The van der Waals surface area contributed by atoms with Gasteiger partial charge < -0.3 is 10.6 Å². The highest BCUT2D eigenvalue weighted by molar-refractivity contribution is 7.14. The second-order valence-corrected chi connectivity index (χ2v) is 8.09. The molecule has 28 heavy (non-hydrogen) atoms.